The fourth-order valence-corrected chi connectivity index (χ4v) is 2.84. The number of nitrogens with one attached hydrogen (secondary N) is 1. The summed E-state index contributed by atoms with van der Waals surface area (Å²) >= 11 is 1.62. The summed E-state index contributed by atoms with van der Waals surface area (Å²) in [6.07, 6.45) is 0.995. The largest absolute Gasteiger partial charge is 0.379 e. The lowest BCUT2D eigenvalue weighted by molar-refractivity contribution is -0.119. The molecule has 0 bridgehead atoms. The molecule has 0 radical (unpaired) electrons. The van der Waals surface area contributed by atoms with Gasteiger partial charge in [-0.25, -0.2) is 4.98 Å². The Kier molecular flexibility index (Phi) is 4.25. The first-order valence-electron chi connectivity index (χ1n) is 5.91. The van der Waals surface area contributed by atoms with Crippen molar-refractivity contribution in [3.05, 3.63) is 15.6 Å². The molecule has 2 heterocycles. The Hall–Kier alpha value is -0.780. The number of aryl methyl sites for hydroxylation is 2. The van der Waals surface area contributed by atoms with E-state index in [1.165, 1.54) is 4.88 Å². The van der Waals surface area contributed by atoms with Crippen LogP contribution in [0.1, 0.15) is 22.0 Å². The number of hydrogen-bond acceptors (Lipinski definition) is 5. The minimum Gasteiger partial charge on any atom is -0.379 e. The highest BCUT2D eigenvalue weighted by Gasteiger charge is 2.18. The van der Waals surface area contributed by atoms with Gasteiger partial charge in [0.05, 0.1) is 25.3 Å². The highest BCUT2D eigenvalue weighted by atomic mass is 32.1. The predicted molar refractivity (Wildman–Crippen MR) is 67.5 cm³/mol. The van der Waals surface area contributed by atoms with E-state index in [0.29, 0.717) is 19.4 Å². The normalized spacial score (nSPS) is 20.5. The molecule has 4 nitrogen and oxygen atoms in total. The summed E-state index contributed by atoms with van der Waals surface area (Å²) in [5, 5.41) is 4.22. The Morgan fingerprint density at radius 3 is 3.00 bits per heavy atom. The number of nitrogens with zero attached hydrogens (tertiary/aromatic N) is 1. The van der Waals surface area contributed by atoms with Gasteiger partial charge in [0.1, 0.15) is 10.8 Å². The fourth-order valence-electron chi connectivity index (χ4n) is 1.88. The molecule has 17 heavy (non-hydrogen) atoms. The molecule has 0 amide bonds. The van der Waals surface area contributed by atoms with E-state index in [4.69, 9.17) is 4.74 Å². The maximum Gasteiger partial charge on any atom is 0.141 e. The van der Waals surface area contributed by atoms with Gasteiger partial charge >= 0.3 is 0 Å². The van der Waals surface area contributed by atoms with Crippen molar-refractivity contribution in [2.45, 2.75) is 32.7 Å². The van der Waals surface area contributed by atoms with E-state index in [1.807, 2.05) is 13.8 Å². The maximum absolute atomic E-state index is 11.9. The van der Waals surface area contributed by atoms with Crippen molar-refractivity contribution in [2.24, 2.45) is 0 Å². The van der Waals surface area contributed by atoms with Gasteiger partial charge in [0.15, 0.2) is 0 Å². The fraction of sp³-hybridized carbons (Fsp3) is 0.667. The van der Waals surface area contributed by atoms with Crippen LogP contribution in [-0.2, 0) is 16.0 Å². The molecule has 2 rings (SSSR count). The second kappa shape index (κ2) is 5.71. The summed E-state index contributed by atoms with van der Waals surface area (Å²) in [5.74, 6) is 0.238. The van der Waals surface area contributed by atoms with Crippen molar-refractivity contribution >= 4 is 17.1 Å². The van der Waals surface area contributed by atoms with Gasteiger partial charge in [0, 0.05) is 23.9 Å². The Bertz CT molecular complexity index is 378. The van der Waals surface area contributed by atoms with E-state index in [-0.39, 0.29) is 11.8 Å². The zero-order valence-corrected chi connectivity index (χ0v) is 11.1. The molecule has 0 spiro atoms. The van der Waals surface area contributed by atoms with E-state index in [9.17, 15) is 4.79 Å². The Balaban J connectivity index is 1.84. The number of ether oxygens (including phenoxy) is 1. The summed E-state index contributed by atoms with van der Waals surface area (Å²) in [4.78, 5) is 17.5. The van der Waals surface area contributed by atoms with Crippen LogP contribution in [0.15, 0.2) is 0 Å². The average Bonchev–Trinajstić information content (AvgIpc) is 2.59. The van der Waals surface area contributed by atoms with Crippen LogP contribution in [0.25, 0.3) is 0 Å². The highest BCUT2D eigenvalue weighted by molar-refractivity contribution is 7.11. The summed E-state index contributed by atoms with van der Waals surface area (Å²) < 4.78 is 5.33. The molecule has 0 aliphatic carbocycles. The lowest BCUT2D eigenvalue weighted by Gasteiger charge is -2.22. The minimum atomic E-state index is 0.179. The first kappa shape index (κ1) is 12.7. The quantitative estimate of drug-likeness (QED) is 0.878. The third kappa shape index (κ3) is 3.59. The summed E-state index contributed by atoms with van der Waals surface area (Å²) in [6.45, 7) is 6.25. The van der Waals surface area contributed by atoms with Crippen molar-refractivity contribution in [2.75, 3.05) is 19.8 Å². The molecule has 1 N–H and O–H groups in total. The van der Waals surface area contributed by atoms with Crippen LogP contribution in [0.5, 0.6) is 0 Å². The van der Waals surface area contributed by atoms with Crippen LogP contribution >= 0.6 is 11.3 Å². The lowest BCUT2D eigenvalue weighted by atomic mass is 10.1. The molecule has 1 aliphatic rings. The molecule has 1 aromatic heterocycles. The van der Waals surface area contributed by atoms with Crippen LogP contribution in [-0.4, -0.2) is 36.6 Å². The second-order valence-electron chi connectivity index (χ2n) is 4.39. The zero-order chi connectivity index (χ0) is 12.3. The Morgan fingerprint density at radius 2 is 2.41 bits per heavy atom. The smallest absolute Gasteiger partial charge is 0.141 e. The van der Waals surface area contributed by atoms with Crippen molar-refractivity contribution < 1.29 is 9.53 Å². The first-order chi connectivity index (χ1) is 8.15. The molecule has 1 aromatic rings. The second-order valence-corrected chi connectivity index (χ2v) is 5.68. The Morgan fingerprint density at radius 1 is 1.59 bits per heavy atom. The minimum absolute atomic E-state index is 0.179. The number of hydrogen-bond donors (Lipinski definition) is 1. The topological polar surface area (TPSA) is 51.2 Å². The number of morpholine rings is 1. The molecule has 94 valence electrons. The first-order valence-corrected chi connectivity index (χ1v) is 6.72. The van der Waals surface area contributed by atoms with Crippen molar-refractivity contribution in [3.8, 4) is 0 Å². The van der Waals surface area contributed by atoms with Crippen LogP contribution in [0.2, 0.25) is 0 Å². The summed E-state index contributed by atoms with van der Waals surface area (Å²) in [7, 11) is 0. The van der Waals surface area contributed by atoms with Gasteiger partial charge in [-0.3, -0.25) is 4.79 Å². The monoisotopic (exact) mass is 254 g/mol. The van der Waals surface area contributed by atoms with Crippen LogP contribution in [0.4, 0.5) is 0 Å². The SMILES string of the molecule is Cc1nc(CC(=O)CC2COCCN2)sc1C. The van der Waals surface area contributed by atoms with Gasteiger partial charge in [0.2, 0.25) is 0 Å². The van der Waals surface area contributed by atoms with Crippen molar-refractivity contribution in [1.82, 2.24) is 10.3 Å². The van der Waals surface area contributed by atoms with Crippen LogP contribution < -0.4 is 5.32 Å². The summed E-state index contributed by atoms with van der Waals surface area (Å²) in [5.41, 5.74) is 1.04. The Labute approximate surface area is 105 Å². The van der Waals surface area contributed by atoms with Gasteiger partial charge < -0.3 is 10.1 Å². The number of aromatic nitrogens is 1. The number of thiazole rings is 1. The average molecular weight is 254 g/mol. The number of ketones is 1. The molecule has 1 saturated heterocycles. The molecular formula is C12H18N2O2S. The van der Waals surface area contributed by atoms with Gasteiger partial charge in [-0.2, -0.15) is 0 Å². The van der Waals surface area contributed by atoms with Gasteiger partial charge in [-0.15, -0.1) is 11.3 Å². The van der Waals surface area contributed by atoms with E-state index >= 15 is 0 Å². The third-order valence-corrected chi connectivity index (χ3v) is 3.97. The van der Waals surface area contributed by atoms with E-state index in [2.05, 4.69) is 10.3 Å². The predicted octanol–water partition coefficient (Wildman–Crippen LogP) is 1.25. The van der Waals surface area contributed by atoms with Crippen molar-refractivity contribution in [1.29, 1.82) is 0 Å². The van der Waals surface area contributed by atoms with Crippen molar-refractivity contribution in [3.63, 3.8) is 0 Å². The zero-order valence-electron chi connectivity index (χ0n) is 10.3. The van der Waals surface area contributed by atoms with Gasteiger partial charge in [-0.1, -0.05) is 0 Å². The molecule has 0 aromatic carbocycles. The number of Topliss-reactive ketones (excluding diaryl/α,β-unsaturated/α-hetero) is 1. The molecule has 1 atom stereocenters. The molecule has 0 saturated carbocycles. The molecule has 1 aliphatic heterocycles. The van der Waals surface area contributed by atoms with Crippen LogP contribution in [0.3, 0.4) is 0 Å². The van der Waals surface area contributed by atoms with E-state index in [1.54, 1.807) is 11.3 Å². The van der Waals surface area contributed by atoms with E-state index < -0.39 is 0 Å². The molecule has 1 unspecified atom stereocenters. The summed E-state index contributed by atoms with van der Waals surface area (Å²) in [6, 6.07) is 0.179. The number of rotatable bonds is 4. The highest BCUT2D eigenvalue weighted by Crippen LogP contribution is 2.17. The lowest BCUT2D eigenvalue weighted by Crippen LogP contribution is -2.42. The van der Waals surface area contributed by atoms with E-state index in [0.717, 1.165) is 23.9 Å². The number of carbonyl (C=O) groups is 1. The van der Waals surface area contributed by atoms with Gasteiger partial charge in [0.25, 0.3) is 0 Å². The maximum atomic E-state index is 11.9. The number of carbonyl (C=O) groups excluding carboxylic acids is 1. The molecular weight excluding hydrogens is 236 g/mol. The molecule has 5 heteroatoms. The third-order valence-electron chi connectivity index (χ3n) is 2.89. The molecule has 1 fully saturated rings. The standard InChI is InChI=1S/C12H18N2O2S/c1-8-9(2)17-12(14-8)6-11(15)5-10-7-16-4-3-13-10/h10,13H,3-7H2,1-2H3. The van der Waals surface area contributed by atoms with Gasteiger partial charge in [-0.05, 0) is 13.8 Å². The van der Waals surface area contributed by atoms with Crippen LogP contribution in [0, 0.1) is 13.8 Å².